The van der Waals surface area contributed by atoms with E-state index in [4.69, 9.17) is 14.7 Å². The van der Waals surface area contributed by atoms with E-state index in [9.17, 15) is 9.59 Å². The van der Waals surface area contributed by atoms with Gasteiger partial charge in [0.15, 0.2) is 0 Å². The number of aromatic nitrogens is 3. The molecule has 2 saturated heterocycles. The highest BCUT2D eigenvalue weighted by atomic mass is 16.5. The number of pyridine rings is 1. The fourth-order valence-corrected chi connectivity index (χ4v) is 5.07. The number of rotatable bonds is 3. The van der Waals surface area contributed by atoms with Gasteiger partial charge in [0.05, 0.1) is 48.7 Å². The fourth-order valence-electron chi connectivity index (χ4n) is 5.07. The molecule has 0 aromatic carbocycles. The standard InChI is InChI=1S/C14H13N5O2.C12H21NO2/c1-21-14-9(5-15)4-10(6-16-14)19-3-2-12-11(7-19)13(20)18-8-17-12;1-12(2)9-10(5-8-15-12)11(14)13-6-3-4-7-13/h4,6,8H,2-3,7H2,1H3,(H,17,18,20);10H,3-9H2,1-2H3. The van der Waals surface area contributed by atoms with Crippen molar-refractivity contribution in [3.05, 3.63) is 45.8 Å². The van der Waals surface area contributed by atoms with Crippen LogP contribution >= 0.6 is 0 Å². The zero-order chi connectivity index (χ0) is 25.7. The molecule has 2 aromatic rings. The Kier molecular flexibility index (Phi) is 7.89. The number of hydrogen-bond donors (Lipinski definition) is 1. The molecule has 0 saturated carbocycles. The molecule has 3 aliphatic heterocycles. The Labute approximate surface area is 211 Å². The van der Waals surface area contributed by atoms with Crippen molar-refractivity contribution < 1.29 is 14.3 Å². The number of ether oxygens (including phenoxy) is 2. The molecule has 1 atom stereocenters. The third kappa shape index (κ3) is 5.85. The molecule has 0 radical (unpaired) electrons. The molecule has 1 amide bonds. The molecule has 192 valence electrons. The smallest absolute Gasteiger partial charge is 0.255 e. The molecule has 2 aromatic heterocycles. The topological polar surface area (TPSA) is 124 Å². The lowest BCUT2D eigenvalue weighted by Gasteiger charge is -2.36. The van der Waals surface area contributed by atoms with Gasteiger partial charge in [-0.15, -0.1) is 0 Å². The maximum atomic E-state index is 12.2. The van der Waals surface area contributed by atoms with Crippen molar-refractivity contribution in [1.82, 2.24) is 19.9 Å². The highest BCUT2D eigenvalue weighted by Gasteiger charge is 2.35. The van der Waals surface area contributed by atoms with Gasteiger partial charge in [-0.3, -0.25) is 9.59 Å². The number of carbonyl (C=O) groups is 1. The lowest BCUT2D eigenvalue weighted by Crippen LogP contribution is -2.42. The van der Waals surface area contributed by atoms with Crippen molar-refractivity contribution >= 4 is 11.6 Å². The monoisotopic (exact) mass is 494 g/mol. The van der Waals surface area contributed by atoms with E-state index in [1.165, 1.54) is 26.3 Å². The van der Waals surface area contributed by atoms with E-state index >= 15 is 0 Å². The molecule has 3 aliphatic rings. The van der Waals surface area contributed by atoms with Gasteiger partial charge in [0.1, 0.15) is 11.6 Å². The first kappa shape index (κ1) is 25.6. The number of methoxy groups -OCH3 is 1. The number of amides is 1. The van der Waals surface area contributed by atoms with Gasteiger partial charge in [-0.25, -0.2) is 9.97 Å². The molecular weight excluding hydrogens is 460 g/mol. The summed E-state index contributed by atoms with van der Waals surface area (Å²) in [6, 6.07) is 3.79. The summed E-state index contributed by atoms with van der Waals surface area (Å²) >= 11 is 0. The number of nitrogens with one attached hydrogen (secondary N) is 1. The van der Waals surface area contributed by atoms with E-state index in [2.05, 4.69) is 34.9 Å². The summed E-state index contributed by atoms with van der Waals surface area (Å²) in [5, 5.41) is 9.12. The van der Waals surface area contributed by atoms with Crippen LogP contribution in [-0.2, 0) is 22.5 Å². The maximum absolute atomic E-state index is 12.2. The molecule has 10 heteroatoms. The normalized spacial score (nSPS) is 20.6. The van der Waals surface area contributed by atoms with E-state index in [-0.39, 0.29) is 17.1 Å². The van der Waals surface area contributed by atoms with E-state index in [1.54, 1.807) is 12.3 Å². The lowest BCUT2D eigenvalue weighted by atomic mass is 9.87. The second kappa shape index (κ2) is 11.1. The van der Waals surface area contributed by atoms with Crippen LogP contribution in [0.5, 0.6) is 5.88 Å². The second-order valence-corrected chi connectivity index (χ2v) is 10.0. The molecule has 5 rings (SSSR count). The Balaban J connectivity index is 0.000000179. The Hall–Kier alpha value is -3.45. The molecule has 5 heterocycles. The molecule has 1 unspecified atom stereocenters. The van der Waals surface area contributed by atoms with Crippen LogP contribution in [0.2, 0.25) is 0 Å². The summed E-state index contributed by atoms with van der Waals surface area (Å²) in [6.07, 6.45) is 7.90. The van der Waals surface area contributed by atoms with Crippen LogP contribution in [0.1, 0.15) is 56.4 Å². The lowest BCUT2D eigenvalue weighted by molar-refractivity contribution is -0.144. The van der Waals surface area contributed by atoms with E-state index in [0.29, 0.717) is 35.9 Å². The number of nitriles is 1. The molecule has 10 nitrogen and oxygen atoms in total. The molecule has 1 N–H and O–H groups in total. The van der Waals surface area contributed by atoms with Crippen molar-refractivity contribution in [1.29, 1.82) is 5.26 Å². The third-order valence-electron chi connectivity index (χ3n) is 6.99. The summed E-state index contributed by atoms with van der Waals surface area (Å²) in [4.78, 5) is 39.0. The van der Waals surface area contributed by atoms with Crippen molar-refractivity contribution in [2.75, 3.05) is 38.3 Å². The van der Waals surface area contributed by atoms with Crippen molar-refractivity contribution in [2.45, 2.75) is 58.1 Å². The highest BCUT2D eigenvalue weighted by Crippen LogP contribution is 2.30. The van der Waals surface area contributed by atoms with Gasteiger partial charge < -0.3 is 24.3 Å². The first-order valence-electron chi connectivity index (χ1n) is 12.5. The minimum absolute atomic E-state index is 0.113. The van der Waals surface area contributed by atoms with Crippen LogP contribution in [-0.4, -0.2) is 64.7 Å². The quantitative estimate of drug-likeness (QED) is 0.690. The summed E-state index contributed by atoms with van der Waals surface area (Å²) in [5.74, 6) is 0.869. The van der Waals surface area contributed by atoms with Crippen molar-refractivity contribution in [3.63, 3.8) is 0 Å². The predicted octanol–water partition coefficient (Wildman–Crippen LogP) is 2.42. The number of likely N-dealkylation sites (tertiary alicyclic amines) is 1. The Bertz CT molecular complexity index is 1180. The minimum atomic E-state index is -0.119. The molecule has 2 fully saturated rings. The minimum Gasteiger partial charge on any atom is -0.480 e. The Morgan fingerprint density at radius 1 is 1.28 bits per heavy atom. The van der Waals surface area contributed by atoms with Crippen molar-refractivity contribution in [2.24, 2.45) is 5.92 Å². The van der Waals surface area contributed by atoms with Gasteiger partial charge in [-0.05, 0) is 45.6 Å². The Morgan fingerprint density at radius 2 is 2.06 bits per heavy atom. The molecule has 0 bridgehead atoms. The number of hydrogen-bond acceptors (Lipinski definition) is 8. The highest BCUT2D eigenvalue weighted by molar-refractivity contribution is 5.79. The third-order valence-corrected chi connectivity index (χ3v) is 6.99. The molecule has 0 spiro atoms. The number of fused-ring (bicyclic) bond motifs is 1. The number of anilines is 1. The number of H-pyrrole nitrogens is 1. The zero-order valence-electron chi connectivity index (χ0n) is 21.2. The van der Waals surface area contributed by atoms with Gasteiger partial charge in [0.25, 0.3) is 5.56 Å². The first-order chi connectivity index (χ1) is 17.3. The first-order valence-corrected chi connectivity index (χ1v) is 12.5. The van der Waals surface area contributed by atoms with Crippen LogP contribution in [0.15, 0.2) is 23.4 Å². The van der Waals surface area contributed by atoms with Gasteiger partial charge in [0.2, 0.25) is 11.8 Å². The zero-order valence-corrected chi connectivity index (χ0v) is 21.2. The maximum Gasteiger partial charge on any atom is 0.255 e. The van der Waals surface area contributed by atoms with Crippen LogP contribution in [0, 0.1) is 17.2 Å². The number of carbonyl (C=O) groups excluding carboxylic acids is 1. The predicted molar refractivity (Wildman–Crippen MR) is 134 cm³/mol. The van der Waals surface area contributed by atoms with E-state index in [0.717, 1.165) is 50.5 Å². The summed E-state index contributed by atoms with van der Waals surface area (Å²) < 4.78 is 10.7. The number of nitrogens with zero attached hydrogens (tertiary/aromatic N) is 5. The van der Waals surface area contributed by atoms with Gasteiger partial charge in [-0.1, -0.05) is 0 Å². The van der Waals surface area contributed by atoms with Gasteiger partial charge in [-0.2, -0.15) is 5.26 Å². The van der Waals surface area contributed by atoms with E-state index < -0.39 is 0 Å². The molecular formula is C26H34N6O4. The summed E-state index contributed by atoms with van der Waals surface area (Å²) in [6.45, 7) is 8.01. The van der Waals surface area contributed by atoms with Crippen LogP contribution in [0.3, 0.4) is 0 Å². The Morgan fingerprint density at radius 3 is 2.75 bits per heavy atom. The SMILES string of the molecule is CC1(C)CC(C(=O)N2CCCC2)CCO1.COc1ncc(N2CCc3nc[nH]c(=O)c3C2)cc1C#N. The van der Waals surface area contributed by atoms with E-state index in [1.807, 2.05) is 9.80 Å². The van der Waals surface area contributed by atoms with Gasteiger partial charge in [0, 0.05) is 38.6 Å². The summed E-state index contributed by atoms with van der Waals surface area (Å²) in [5.41, 5.74) is 2.43. The van der Waals surface area contributed by atoms with Crippen molar-refractivity contribution in [3.8, 4) is 11.9 Å². The number of aromatic amines is 1. The molecule has 0 aliphatic carbocycles. The van der Waals surface area contributed by atoms with Crippen LogP contribution in [0.4, 0.5) is 5.69 Å². The average Bonchev–Trinajstić information content (AvgIpc) is 3.43. The second-order valence-electron chi connectivity index (χ2n) is 10.0. The summed E-state index contributed by atoms with van der Waals surface area (Å²) in [7, 11) is 1.48. The van der Waals surface area contributed by atoms with Crippen LogP contribution in [0.25, 0.3) is 0 Å². The molecule has 36 heavy (non-hydrogen) atoms. The van der Waals surface area contributed by atoms with Crippen LogP contribution < -0.4 is 15.2 Å². The van der Waals surface area contributed by atoms with Gasteiger partial charge >= 0.3 is 0 Å². The fraction of sp³-hybridized carbons (Fsp3) is 0.577. The largest absolute Gasteiger partial charge is 0.480 e. The average molecular weight is 495 g/mol.